The largest absolute Gasteiger partial charge is 0.479 e. The molecule has 0 unspecified atom stereocenters. The number of carbonyl (C=O) groups is 1. The first-order chi connectivity index (χ1) is 10.4. The Morgan fingerprint density at radius 2 is 1.38 bits per heavy atom. The van der Waals surface area contributed by atoms with Crippen molar-refractivity contribution in [1.82, 2.24) is 0 Å². The first kappa shape index (κ1) is 23.8. The molecule has 0 rings (SSSR count). The summed E-state index contributed by atoms with van der Waals surface area (Å²) < 4.78 is 12.0. The molecule has 0 aromatic rings. The fourth-order valence-corrected chi connectivity index (χ4v) is 3.87. The van der Waals surface area contributed by atoms with Crippen LogP contribution in [0.2, 0.25) is 36.3 Å². The summed E-state index contributed by atoms with van der Waals surface area (Å²) in [6.07, 6.45) is -1.79. The third-order valence-corrected chi connectivity index (χ3v) is 14.4. The molecule has 0 aliphatic carbocycles. The van der Waals surface area contributed by atoms with Crippen molar-refractivity contribution in [2.75, 3.05) is 6.61 Å². The van der Waals surface area contributed by atoms with Gasteiger partial charge in [0.1, 0.15) is 6.10 Å². The third kappa shape index (κ3) is 6.95. The van der Waals surface area contributed by atoms with Crippen LogP contribution < -0.4 is 0 Å². The zero-order chi connectivity index (χ0) is 19.6. The van der Waals surface area contributed by atoms with Gasteiger partial charge in [-0.25, -0.2) is 4.79 Å². The lowest BCUT2D eigenvalue weighted by atomic mass is 10.2. The molecular formula is C17H38O5Si2. The highest BCUT2D eigenvalue weighted by molar-refractivity contribution is 6.74. The molecule has 0 spiro atoms. The van der Waals surface area contributed by atoms with Crippen LogP contribution in [0.4, 0.5) is 0 Å². The van der Waals surface area contributed by atoms with Gasteiger partial charge >= 0.3 is 5.97 Å². The van der Waals surface area contributed by atoms with Crippen molar-refractivity contribution < 1.29 is 23.9 Å². The number of aliphatic carboxylic acids is 1. The van der Waals surface area contributed by atoms with E-state index < -0.39 is 34.8 Å². The smallest absolute Gasteiger partial charge is 0.331 e. The van der Waals surface area contributed by atoms with Crippen molar-refractivity contribution >= 4 is 22.6 Å². The summed E-state index contributed by atoms with van der Waals surface area (Å²) >= 11 is 0. The van der Waals surface area contributed by atoms with Crippen LogP contribution in [0, 0.1) is 0 Å². The number of hydrogen-bond donors (Lipinski definition) is 2. The lowest BCUT2D eigenvalue weighted by Gasteiger charge is -2.39. The zero-order valence-corrected chi connectivity index (χ0v) is 19.2. The zero-order valence-electron chi connectivity index (χ0n) is 17.2. The second-order valence-electron chi connectivity index (χ2n) is 9.67. The maximum atomic E-state index is 11.6. The summed E-state index contributed by atoms with van der Waals surface area (Å²) in [5, 5.41) is 19.7. The Balaban J connectivity index is 4.84. The van der Waals surface area contributed by atoms with Gasteiger partial charge in [0.25, 0.3) is 0 Å². The second kappa shape index (κ2) is 7.99. The van der Waals surface area contributed by atoms with Crippen LogP contribution >= 0.6 is 0 Å². The molecule has 0 aromatic heterocycles. The molecule has 0 amide bonds. The van der Waals surface area contributed by atoms with Crippen molar-refractivity contribution in [3.63, 3.8) is 0 Å². The van der Waals surface area contributed by atoms with Gasteiger partial charge in [0, 0.05) is 6.42 Å². The van der Waals surface area contributed by atoms with Gasteiger partial charge in [-0.15, -0.1) is 0 Å². The van der Waals surface area contributed by atoms with E-state index in [1.165, 1.54) is 0 Å². The molecular weight excluding hydrogens is 340 g/mol. The van der Waals surface area contributed by atoms with Gasteiger partial charge in [0.2, 0.25) is 0 Å². The molecule has 0 radical (unpaired) electrons. The SMILES string of the molecule is CC(C)(C)[Si](C)(C)OC[C@@H](O)C[C@H](O[Si](C)(C)C(C)(C)C)C(=O)O. The molecule has 0 aliphatic rings. The summed E-state index contributed by atoms with van der Waals surface area (Å²) in [7, 11) is -4.17. The van der Waals surface area contributed by atoms with Crippen molar-refractivity contribution in [3.8, 4) is 0 Å². The summed E-state index contributed by atoms with van der Waals surface area (Å²) in [6.45, 7) is 21.0. The summed E-state index contributed by atoms with van der Waals surface area (Å²) in [6, 6.07) is 0. The second-order valence-corrected chi connectivity index (χ2v) is 19.2. The van der Waals surface area contributed by atoms with Crippen LogP contribution in [-0.2, 0) is 13.6 Å². The summed E-state index contributed by atoms with van der Waals surface area (Å²) in [5.41, 5.74) is 0. The molecule has 0 aromatic carbocycles. The lowest BCUT2D eigenvalue weighted by molar-refractivity contribution is -0.147. The predicted molar refractivity (Wildman–Crippen MR) is 103 cm³/mol. The predicted octanol–water partition coefficient (Wildman–Crippen LogP) is 4.23. The number of aliphatic hydroxyl groups is 1. The van der Waals surface area contributed by atoms with E-state index in [0.717, 1.165) is 0 Å². The minimum absolute atomic E-state index is 0.0520. The van der Waals surface area contributed by atoms with E-state index in [9.17, 15) is 15.0 Å². The Hall–Kier alpha value is -0.216. The molecule has 0 saturated carbocycles. The fourth-order valence-electron chi connectivity index (χ4n) is 1.57. The van der Waals surface area contributed by atoms with Gasteiger partial charge < -0.3 is 19.1 Å². The third-order valence-electron chi connectivity index (χ3n) is 5.45. The maximum absolute atomic E-state index is 11.6. The molecule has 0 heterocycles. The molecule has 0 bridgehead atoms. The molecule has 5 nitrogen and oxygen atoms in total. The average molecular weight is 379 g/mol. The monoisotopic (exact) mass is 378 g/mol. The Kier molecular flexibility index (Phi) is 7.92. The first-order valence-corrected chi connectivity index (χ1v) is 14.4. The van der Waals surface area contributed by atoms with Gasteiger partial charge in [-0.2, -0.15) is 0 Å². The normalized spacial score (nSPS) is 16.8. The van der Waals surface area contributed by atoms with Gasteiger partial charge in [-0.05, 0) is 36.3 Å². The van der Waals surface area contributed by atoms with Gasteiger partial charge in [-0.3, -0.25) is 0 Å². The van der Waals surface area contributed by atoms with Crippen molar-refractivity contribution in [2.45, 2.75) is 96.4 Å². The molecule has 0 aliphatic heterocycles. The highest BCUT2D eigenvalue weighted by Crippen LogP contribution is 2.38. The number of hydrogen-bond acceptors (Lipinski definition) is 4. The van der Waals surface area contributed by atoms with Crippen molar-refractivity contribution in [2.24, 2.45) is 0 Å². The molecule has 144 valence electrons. The van der Waals surface area contributed by atoms with E-state index in [4.69, 9.17) is 8.85 Å². The van der Waals surface area contributed by atoms with E-state index in [0.29, 0.717) is 0 Å². The highest BCUT2D eigenvalue weighted by Gasteiger charge is 2.42. The Morgan fingerprint density at radius 1 is 0.958 bits per heavy atom. The number of aliphatic hydroxyl groups excluding tert-OH is 1. The Labute approximate surface area is 150 Å². The van der Waals surface area contributed by atoms with Crippen LogP contribution in [0.1, 0.15) is 48.0 Å². The summed E-state index contributed by atoms with van der Waals surface area (Å²) in [4.78, 5) is 11.6. The lowest BCUT2D eigenvalue weighted by Crippen LogP contribution is -2.48. The topological polar surface area (TPSA) is 76.0 Å². The van der Waals surface area contributed by atoms with E-state index >= 15 is 0 Å². The maximum Gasteiger partial charge on any atom is 0.331 e. The number of rotatable bonds is 8. The molecule has 24 heavy (non-hydrogen) atoms. The molecule has 7 heteroatoms. The van der Waals surface area contributed by atoms with Crippen LogP contribution in [0.3, 0.4) is 0 Å². The van der Waals surface area contributed by atoms with E-state index in [1.54, 1.807) is 0 Å². The minimum atomic E-state index is -2.21. The van der Waals surface area contributed by atoms with Gasteiger partial charge in [0.15, 0.2) is 16.6 Å². The van der Waals surface area contributed by atoms with Crippen LogP contribution in [-0.4, -0.2) is 51.6 Å². The van der Waals surface area contributed by atoms with Crippen molar-refractivity contribution in [3.05, 3.63) is 0 Å². The van der Waals surface area contributed by atoms with E-state index in [-0.39, 0.29) is 23.1 Å². The van der Waals surface area contributed by atoms with Crippen LogP contribution in [0.5, 0.6) is 0 Å². The first-order valence-electron chi connectivity index (χ1n) is 8.63. The molecule has 0 fully saturated rings. The number of carboxylic acid groups (broad SMARTS) is 1. The molecule has 2 atom stereocenters. The highest BCUT2D eigenvalue weighted by atomic mass is 28.4. The van der Waals surface area contributed by atoms with Crippen LogP contribution in [0.15, 0.2) is 0 Å². The van der Waals surface area contributed by atoms with Gasteiger partial charge in [-0.1, -0.05) is 41.5 Å². The summed E-state index contributed by atoms with van der Waals surface area (Å²) in [5.74, 6) is -1.02. The molecule has 0 saturated heterocycles. The fraction of sp³-hybridized carbons (Fsp3) is 0.941. The Bertz CT molecular complexity index is 422. The van der Waals surface area contributed by atoms with E-state index in [1.807, 2.05) is 13.1 Å². The van der Waals surface area contributed by atoms with Crippen LogP contribution in [0.25, 0.3) is 0 Å². The Morgan fingerprint density at radius 3 is 1.71 bits per heavy atom. The van der Waals surface area contributed by atoms with Gasteiger partial charge in [0.05, 0.1) is 12.7 Å². The molecule has 2 N–H and O–H groups in total. The standard InChI is InChI=1S/C17H38O5Si2/c1-16(2,3)23(7,8)21-12-13(18)11-14(15(19)20)22-24(9,10)17(4,5)6/h13-14,18H,11-12H2,1-10H3,(H,19,20)/t13-,14-/m0/s1. The van der Waals surface area contributed by atoms with Crippen molar-refractivity contribution in [1.29, 1.82) is 0 Å². The number of carboxylic acids is 1. The van der Waals surface area contributed by atoms with E-state index in [2.05, 4.69) is 54.6 Å². The quantitative estimate of drug-likeness (QED) is 0.618. The minimum Gasteiger partial charge on any atom is -0.479 e. The average Bonchev–Trinajstić information content (AvgIpc) is 2.32.